The quantitative estimate of drug-likeness (QED) is 0.384. The van der Waals surface area contributed by atoms with Crippen LogP contribution in [-0.2, 0) is 6.42 Å². The summed E-state index contributed by atoms with van der Waals surface area (Å²) >= 11 is 1.91. The molecule has 1 aromatic heterocycles. The minimum absolute atomic E-state index is 0.230. The first-order valence-electron chi connectivity index (χ1n) is 9.73. The maximum Gasteiger partial charge on any atom is 0.0747 e. The van der Waals surface area contributed by atoms with Crippen LogP contribution in [0.1, 0.15) is 22.1 Å². The van der Waals surface area contributed by atoms with Gasteiger partial charge in [-0.2, -0.15) is 0 Å². The molecule has 0 amide bonds. The van der Waals surface area contributed by atoms with Crippen LogP contribution in [0.15, 0.2) is 89.8 Å². The highest BCUT2D eigenvalue weighted by Crippen LogP contribution is 2.43. The molecule has 0 fully saturated rings. The standard InChI is InChI=1S/C25H26N2S/c1-27(2)18-17-22-21-15-9-10-16-23(21)26-24(22)25(19-11-5-3-6-12-19)28-20-13-7-4-8-14-20/h3-16,25-26H,17-18H2,1-2H3. The second-order valence-electron chi connectivity index (χ2n) is 7.34. The third-order valence-corrected chi connectivity index (χ3v) is 6.31. The lowest BCUT2D eigenvalue weighted by Crippen LogP contribution is -2.16. The molecule has 1 atom stereocenters. The smallest absolute Gasteiger partial charge is 0.0747 e. The third kappa shape index (κ3) is 4.16. The fourth-order valence-corrected chi connectivity index (χ4v) is 4.80. The van der Waals surface area contributed by atoms with Gasteiger partial charge >= 0.3 is 0 Å². The number of aromatic amines is 1. The predicted octanol–water partition coefficient (Wildman–Crippen LogP) is 6.15. The van der Waals surface area contributed by atoms with E-state index in [4.69, 9.17) is 0 Å². The molecule has 0 aliphatic carbocycles. The zero-order valence-electron chi connectivity index (χ0n) is 16.4. The number of benzene rings is 3. The van der Waals surface area contributed by atoms with E-state index in [1.807, 2.05) is 11.8 Å². The lowest BCUT2D eigenvalue weighted by Gasteiger charge is -2.19. The van der Waals surface area contributed by atoms with Gasteiger partial charge in [0.2, 0.25) is 0 Å². The van der Waals surface area contributed by atoms with Crippen LogP contribution in [-0.4, -0.2) is 30.5 Å². The summed E-state index contributed by atoms with van der Waals surface area (Å²) in [5.41, 5.74) is 5.31. The van der Waals surface area contributed by atoms with Gasteiger partial charge in [-0.25, -0.2) is 0 Å². The van der Waals surface area contributed by atoms with Crippen molar-refractivity contribution in [2.24, 2.45) is 0 Å². The molecule has 0 bridgehead atoms. The number of rotatable bonds is 7. The number of thioether (sulfide) groups is 1. The monoisotopic (exact) mass is 386 g/mol. The highest BCUT2D eigenvalue weighted by atomic mass is 32.2. The summed E-state index contributed by atoms with van der Waals surface area (Å²) in [7, 11) is 4.28. The molecule has 142 valence electrons. The summed E-state index contributed by atoms with van der Waals surface area (Å²) in [5.74, 6) is 0. The van der Waals surface area contributed by atoms with Crippen LogP contribution in [0.5, 0.6) is 0 Å². The summed E-state index contributed by atoms with van der Waals surface area (Å²) in [6.45, 7) is 1.03. The van der Waals surface area contributed by atoms with Crippen molar-refractivity contribution in [2.75, 3.05) is 20.6 Å². The number of fused-ring (bicyclic) bond motifs is 1. The van der Waals surface area contributed by atoms with Gasteiger partial charge in [-0.1, -0.05) is 66.7 Å². The molecule has 3 aromatic carbocycles. The lowest BCUT2D eigenvalue weighted by molar-refractivity contribution is 0.413. The Labute approximate surface area is 171 Å². The van der Waals surface area contributed by atoms with E-state index in [0.717, 1.165) is 13.0 Å². The average Bonchev–Trinajstić information content (AvgIpc) is 3.10. The molecule has 0 aliphatic heterocycles. The number of nitrogens with zero attached hydrogens (tertiary/aromatic N) is 1. The minimum Gasteiger partial charge on any atom is -0.357 e. The van der Waals surface area contributed by atoms with E-state index in [2.05, 4.69) is 109 Å². The zero-order valence-corrected chi connectivity index (χ0v) is 17.2. The minimum atomic E-state index is 0.230. The first kappa shape index (κ1) is 18.9. The molecule has 0 saturated carbocycles. The summed E-state index contributed by atoms with van der Waals surface area (Å²) in [6, 6.07) is 30.2. The van der Waals surface area contributed by atoms with Gasteiger partial charge in [0.05, 0.1) is 5.25 Å². The summed E-state index contributed by atoms with van der Waals surface area (Å²) in [6.07, 6.45) is 1.03. The van der Waals surface area contributed by atoms with E-state index in [1.54, 1.807) is 0 Å². The number of hydrogen-bond donors (Lipinski definition) is 1. The van der Waals surface area contributed by atoms with Crippen LogP contribution >= 0.6 is 11.8 Å². The number of nitrogens with one attached hydrogen (secondary N) is 1. The number of para-hydroxylation sites is 1. The lowest BCUT2D eigenvalue weighted by atomic mass is 10.0. The Kier molecular flexibility index (Phi) is 5.84. The molecule has 0 radical (unpaired) electrons. The van der Waals surface area contributed by atoms with Gasteiger partial charge in [-0.05, 0) is 49.8 Å². The van der Waals surface area contributed by atoms with Gasteiger partial charge in [0.1, 0.15) is 0 Å². The maximum atomic E-state index is 3.77. The normalized spacial score (nSPS) is 12.5. The highest BCUT2D eigenvalue weighted by Gasteiger charge is 2.22. The zero-order chi connectivity index (χ0) is 19.3. The van der Waals surface area contributed by atoms with E-state index >= 15 is 0 Å². The molecule has 28 heavy (non-hydrogen) atoms. The second-order valence-corrected chi connectivity index (χ2v) is 8.52. The van der Waals surface area contributed by atoms with Crippen molar-refractivity contribution in [1.82, 2.24) is 9.88 Å². The number of likely N-dealkylation sites (N-methyl/N-ethyl adjacent to an activating group) is 1. The first-order chi connectivity index (χ1) is 13.7. The van der Waals surface area contributed by atoms with Gasteiger partial charge in [-0.3, -0.25) is 0 Å². The van der Waals surface area contributed by atoms with Crippen molar-refractivity contribution in [2.45, 2.75) is 16.6 Å². The molecule has 4 aromatic rings. The molecule has 0 aliphatic rings. The van der Waals surface area contributed by atoms with Crippen molar-refractivity contribution in [3.05, 3.63) is 102 Å². The van der Waals surface area contributed by atoms with Crippen LogP contribution in [0.3, 0.4) is 0 Å². The third-order valence-electron chi connectivity index (χ3n) is 5.02. The van der Waals surface area contributed by atoms with Crippen LogP contribution < -0.4 is 0 Å². The highest BCUT2D eigenvalue weighted by molar-refractivity contribution is 7.99. The molecular weight excluding hydrogens is 360 g/mol. The van der Waals surface area contributed by atoms with E-state index in [-0.39, 0.29) is 5.25 Å². The van der Waals surface area contributed by atoms with Crippen molar-refractivity contribution in [3.8, 4) is 0 Å². The molecule has 2 nitrogen and oxygen atoms in total. The van der Waals surface area contributed by atoms with Crippen molar-refractivity contribution in [1.29, 1.82) is 0 Å². The fourth-order valence-electron chi connectivity index (χ4n) is 3.61. The first-order valence-corrected chi connectivity index (χ1v) is 10.6. The number of H-pyrrole nitrogens is 1. The predicted molar refractivity (Wildman–Crippen MR) is 121 cm³/mol. The summed E-state index contributed by atoms with van der Waals surface area (Å²) < 4.78 is 0. The molecule has 4 rings (SSSR count). The summed E-state index contributed by atoms with van der Waals surface area (Å²) in [4.78, 5) is 7.31. The van der Waals surface area contributed by atoms with Crippen LogP contribution in [0.2, 0.25) is 0 Å². The van der Waals surface area contributed by atoms with E-state index in [0.29, 0.717) is 0 Å². The molecule has 0 saturated heterocycles. The van der Waals surface area contributed by atoms with Crippen molar-refractivity contribution >= 4 is 22.7 Å². The van der Waals surface area contributed by atoms with Crippen LogP contribution in [0, 0.1) is 0 Å². The maximum absolute atomic E-state index is 3.77. The molecule has 3 heteroatoms. The number of hydrogen-bond acceptors (Lipinski definition) is 2. The van der Waals surface area contributed by atoms with Crippen molar-refractivity contribution < 1.29 is 0 Å². The van der Waals surface area contributed by atoms with Gasteiger partial charge < -0.3 is 9.88 Å². The Morgan fingerprint density at radius 2 is 1.46 bits per heavy atom. The molecular formula is C25H26N2S. The van der Waals surface area contributed by atoms with Gasteiger partial charge in [0.25, 0.3) is 0 Å². The number of aromatic nitrogens is 1. The van der Waals surface area contributed by atoms with Gasteiger partial charge in [0, 0.05) is 28.0 Å². The largest absolute Gasteiger partial charge is 0.357 e. The van der Waals surface area contributed by atoms with E-state index < -0.39 is 0 Å². The van der Waals surface area contributed by atoms with Crippen LogP contribution in [0.4, 0.5) is 0 Å². The topological polar surface area (TPSA) is 19.0 Å². The second kappa shape index (κ2) is 8.68. The molecule has 1 N–H and O–H groups in total. The summed E-state index contributed by atoms with van der Waals surface area (Å²) in [5, 5.41) is 1.57. The molecule has 1 unspecified atom stereocenters. The SMILES string of the molecule is CN(C)CCc1c(C(Sc2ccccc2)c2ccccc2)[nH]c2ccccc12. The Morgan fingerprint density at radius 1 is 0.821 bits per heavy atom. The van der Waals surface area contributed by atoms with Gasteiger partial charge in [0.15, 0.2) is 0 Å². The Hall–Kier alpha value is -2.49. The Balaban J connectivity index is 1.83. The van der Waals surface area contributed by atoms with Gasteiger partial charge in [-0.15, -0.1) is 11.8 Å². The van der Waals surface area contributed by atoms with E-state index in [1.165, 1.54) is 32.6 Å². The van der Waals surface area contributed by atoms with Crippen LogP contribution in [0.25, 0.3) is 10.9 Å². The Morgan fingerprint density at radius 3 is 2.18 bits per heavy atom. The Bertz CT molecular complexity index is 1020. The molecule has 1 heterocycles. The van der Waals surface area contributed by atoms with E-state index in [9.17, 15) is 0 Å². The fraction of sp³-hybridized carbons (Fsp3) is 0.200. The van der Waals surface area contributed by atoms with Crippen molar-refractivity contribution in [3.63, 3.8) is 0 Å². The molecule has 0 spiro atoms. The average molecular weight is 387 g/mol.